The molecule has 5 nitrogen and oxygen atoms in total. The van der Waals surface area contributed by atoms with E-state index in [4.69, 9.17) is 21.3 Å². The second-order valence-corrected chi connectivity index (χ2v) is 6.94. The van der Waals surface area contributed by atoms with Gasteiger partial charge < -0.3 is 10.1 Å². The maximum atomic E-state index is 6.13. The molecular formula is C19H21ClN4O. The van der Waals surface area contributed by atoms with Gasteiger partial charge in [-0.3, -0.25) is 0 Å². The van der Waals surface area contributed by atoms with Crippen molar-refractivity contribution in [1.29, 1.82) is 0 Å². The van der Waals surface area contributed by atoms with Crippen molar-refractivity contribution >= 4 is 23.1 Å². The Morgan fingerprint density at radius 3 is 2.80 bits per heavy atom. The van der Waals surface area contributed by atoms with Gasteiger partial charge in [0.25, 0.3) is 0 Å². The van der Waals surface area contributed by atoms with Crippen LogP contribution in [-0.4, -0.2) is 33.9 Å². The van der Waals surface area contributed by atoms with E-state index in [1.165, 1.54) is 0 Å². The number of halogens is 1. The van der Waals surface area contributed by atoms with Crippen LogP contribution < -0.4 is 5.32 Å². The first-order valence-electron chi connectivity index (χ1n) is 8.62. The van der Waals surface area contributed by atoms with Crippen LogP contribution in [0.3, 0.4) is 0 Å². The SMILES string of the molecule is CO[C@H]1CC[C@H](Nc2ccn3ncc(-c4cccc(Cl)c4)c3n2)CC1. The standard InChI is InChI=1S/C19H21ClN4O/c1-25-16-7-5-15(6-8-16)22-18-9-10-24-19(23-18)17(12-21-24)13-3-2-4-14(20)11-13/h2-4,9-12,15-16H,5-8H2,1H3,(H,22,23)/t15-,16-. The first-order valence-corrected chi connectivity index (χ1v) is 9.00. The Bertz CT molecular complexity index is 871. The van der Waals surface area contributed by atoms with E-state index < -0.39 is 0 Å². The topological polar surface area (TPSA) is 51.5 Å². The summed E-state index contributed by atoms with van der Waals surface area (Å²) in [7, 11) is 1.80. The largest absolute Gasteiger partial charge is 0.381 e. The third kappa shape index (κ3) is 3.48. The van der Waals surface area contributed by atoms with Gasteiger partial charge in [0.2, 0.25) is 0 Å². The van der Waals surface area contributed by atoms with Crippen LogP contribution in [-0.2, 0) is 4.74 Å². The van der Waals surface area contributed by atoms with Gasteiger partial charge in [0, 0.05) is 29.9 Å². The molecule has 0 bridgehead atoms. The fourth-order valence-corrected chi connectivity index (χ4v) is 3.65. The Kier molecular flexibility index (Phi) is 4.59. The molecule has 0 saturated heterocycles. The third-order valence-electron chi connectivity index (χ3n) is 4.86. The van der Waals surface area contributed by atoms with E-state index >= 15 is 0 Å². The molecule has 0 amide bonds. The van der Waals surface area contributed by atoms with Crippen molar-refractivity contribution in [3.05, 3.63) is 47.7 Å². The molecule has 4 rings (SSSR count). The van der Waals surface area contributed by atoms with Crippen molar-refractivity contribution in [2.45, 2.75) is 37.8 Å². The maximum absolute atomic E-state index is 6.13. The van der Waals surface area contributed by atoms with E-state index in [-0.39, 0.29) is 0 Å². The Morgan fingerprint density at radius 1 is 1.20 bits per heavy atom. The molecule has 2 heterocycles. The lowest BCUT2D eigenvalue weighted by Gasteiger charge is -2.28. The van der Waals surface area contributed by atoms with Crippen LogP contribution in [0.15, 0.2) is 42.7 Å². The lowest BCUT2D eigenvalue weighted by Crippen LogP contribution is -2.29. The molecular weight excluding hydrogens is 336 g/mol. The highest BCUT2D eigenvalue weighted by molar-refractivity contribution is 6.30. The summed E-state index contributed by atoms with van der Waals surface area (Å²) < 4.78 is 7.24. The van der Waals surface area contributed by atoms with Crippen LogP contribution in [0.1, 0.15) is 25.7 Å². The van der Waals surface area contributed by atoms with Crippen molar-refractivity contribution in [3.63, 3.8) is 0 Å². The fourth-order valence-electron chi connectivity index (χ4n) is 3.46. The van der Waals surface area contributed by atoms with Gasteiger partial charge in [0.05, 0.1) is 12.3 Å². The monoisotopic (exact) mass is 356 g/mol. The van der Waals surface area contributed by atoms with Crippen LogP contribution in [0, 0.1) is 0 Å². The number of anilines is 1. The van der Waals surface area contributed by atoms with Crippen molar-refractivity contribution in [2.24, 2.45) is 0 Å². The maximum Gasteiger partial charge on any atom is 0.165 e. The number of ether oxygens (including phenoxy) is 1. The average Bonchev–Trinajstić information content (AvgIpc) is 3.06. The summed E-state index contributed by atoms with van der Waals surface area (Å²) in [4.78, 5) is 4.79. The molecule has 3 aromatic rings. The molecule has 0 radical (unpaired) electrons. The Balaban J connectivity index is 1.58. The van der Waals surface area contributed by atoms with E-state index in [2.05, 4.69) is 10.4 Å². The summed E-state index contributed by atoms with van der Waals surface area (Å²) in [6.07, 6.45) is 8.57. The predicted molar refractivity (Wildman–Crippen MR) is 100 cm³/mol. The van der Waals surface area contributed by atoms with Crippen LogP contribution >= 0.6 is 11.6 Å². The van der Waals surface area contributed by atoms with E-state index in [0.717, 1.165) is 48.3 Å². The van der Waals surface area contributed by atoms with Gasteiger partial charge >= 0.3 is 0 Å². The molecule has 130 valence electrons. The number of fused-ring (bicyclic) bond motifs is 1. The molecule has 1 aliphatic rings. The van der Waals surface area contributed by atoms with Gasteiger partial charge in [-0.1, -0.05) is 23.7 Å². The second kappa shape index (κ2) is 7.02. The molecule has 1 aromatic carbocycles. The molecule has 0 atom stereocenters. The molecule has 1 aliphatic carbocycles. The summed E-state index contributed by atoms with van der Waals surface area (Å²) in [5.74, 6) is 0.886. The molecule has 1 N–H and O–H groups in total. The number of nitrogens with zero attached hydrogens (tertiary/aromatic N) is 3. The molecule has 0 aliphatic heterocycles. The zero-order valence-electron chi connectivity index (χ0n) is 14.2. The highest BCUT2D eigenvalue weighted by atomic mass is 35.5. The number of aromatic nitrogens is 3. The van der Waals surface area contributed by atoms with Crippen LogP contribution in [0.5, 0.6) is 0 Å². The molecule has 1 fully saturated rings. The van der Waals surface area contributed by atoms with Gasteiger partial charge in [-0.05, 0) is 49.4 Å². The number of methoxy groups -OCH3 is 1. The van der Waals surface area contributed by atoms with Crippen LogP contribution in [0.4, 0.5) is 5.82 Å². The first-order chi connectivity index (χ1) is 12.2. The van der Waals surface area contributed by atoms with E-state index in [0.29, 0.717) is 17.2 Å². The number of hydrogen-bond donors (Lipinski definition) is 1. The van der Waals surface area contributed by atoms with Gasteiger partial charge in [0.15, 0.2) is 5.65 Å². The number of hydrogen-bond acceptors (Lipinski definition) is 4. The lowest BCUT2D eigenvalue weighted by molar-refractivity contribution is 0.0681. The number of nitrogens with one attached hydrogen (secondary N) is 1. The molecule has 6 heteroatoms. The minimum atomic E-state index is 0.401. The molecule has 1 saturated carbocycles. The highest BCUT2D eigenvalue weighted by Crippen LogP contribution is 2.27. The van der Waals surface area contributed by atoms with Crippen LogP contribution in [0.25, 0.3) is 16.8 Å². The third-order valence-corrected chi connectivity index (χ3v) is 5.10. The summed E-state index contributed by atoms with van der Waals surface area (Å²) in [6.45, 7) is 0. The number of benzene rings is 1. The van der Waals surface area contributed by atoms with Crippen molar-refractivity contribution in [3.8, 4) is 11.1 Å². The quantitative estimate of drug-likeness (QED) is 0.751. The summed E-state index contributed by atoms with van der Waals surface area (Å²) in [5.41, 5.74) is 2.83. The Morgan fingerprint density at radius 2 is 2.04 bits per heavy atom. The zero-order valence-corrected chi connectivity index (χ0v) is 14.9. The second-order valence-electron chi connectivity index (χ2n) is 6.50. The highest BCUT2D eigenvalue weighted by Gasteiger charge is 2.21. The van der Waals surface area contributed by atoms with Gasteiger partial charge in [-0.2, -0.15) is 5.10 Å². The first kappa shape index (κ1) is 16.4. The molecule has 25 heavy (non-hydrogen) atoms. The lowest BCUT2D eigenvalue weighted by atomic mass is 9.93. The van der Waals surface area contributed by atoms with Crippen molar-refractivity contribution in [2.75, 3.05) is 12.4 Å². The normalized spacial score (nSPS) is 20.7. The predicted octanol–water partition coefficient (Wildman–Crippen LogP) is 4.42. The Hall–Kier alpha value is -2.11. The van der Waals surface area contributed by atoms with E-state index in [1.807, 2.05) is 42.7 Å². The minimum absolute atomic E-state index is 0.401. The molecule has 0 spiro atoms. The summed E-state index contributed by atoms with van der Waals surface area (Å²) in [6, 6.07) is 10.2. The summed E-state index contributed by atoms with van der Waals surface area (Å²) in [5, 5.41) is 8.67. The van der Waals surface area contributed by atoms with Crippen LogP contribution in [0.2, 0.25) is 5.02 Å². The van der Waals surface area contributed by atoms with Gasteiger partial charge in [0.1, 0.15) is 5.82 Å². The van der Waals surface area contributed by atoms with Gasteiger partial charge in [-0.15, -0.1) is 0 Å². The molecule has 0 unspecified atom stereocenters. The van der Waals surface area contributed by atoms with Crippen molar-refractivity contribution < 1.29 is 4.74 Å². The van der Waals surface area contributed by atoms with Crippen molar-refractivity contribution in [1.82, 2.24) is 14.6 Å². The fraction of sp³-hybridized carbons (Fsp3) is 0.368. The Labute approximate surface area is 152 Å². The number of rotatable bonds is 4. The van der Waals surface area contributed by atoms with E-state index in [1.54, 1.807) is 11.6 Å². The zero-order chi connectivity index (χ0) is 17.2. The smallest absolute Gasteiger partial charge is 0.165 e. The van der Waals surface area contributed by atoms with E-state index in [9.17, 15) is 0 Å². The summed E-state index contributed by atoms with van der Waals surface area (Å²) >= 11 is 6.13. The average molecular weight is 357 g/mol. The van der Waals surface area contributed by atoms with Gasteiger partial charge in [-0.25, -0.2) is 9.50 Å². The minimum Gasteiger partial charge on any atom is -0.381 e. The molecule has 2 aromatic heterocycles.